The predicted octanol–water partition coefficient (Wildman–Crippen LogP) is 2.71. The minimum absolute atomic E-state index is 0. The molecule has 18 heavy (non-hydrogen) atoms. The second-order valence-electron chi connectivity index (χ2n) is 5.08. The summed E-state index contributed by atoms with van der Waals surface area (Å²) in [5.74, 6) is 0.900. The smallest absolute Gasteiger partial charge is 0.0264 e. The van der Waals surface area contributed by atoms with E-state index in [2.05, 4.69) is 40.5 Å². The molecule has 2 aliphatic rings. The number of nitrogens with one attached hydrogen (secondary N) is 1. The van der Waals surface area contributed by atoms with Crippen molar-refractivity contribution in [3.8, 4) is 0 Å². The van der Waals surface area contributed by atoms with Crippen LogP contribution in [-0.2, 0) is 6.54 Å². The van der Waals surface area contributed by atoms with Gasteiger partial charge in [-0.05, 0) is 37.4 Å². The lowest BCUT2D eigenvalue weighted by Crippen LogP contribution is -2.44. The van der Waals surface area contributed by atoms with Gasteiger partial charge in [-0.2, -0.15) is 0 Å². The molecule has 0 aliphatic carbocycles. The highest BCUT2D eigenvalue weighted by Crippen LogP contribution is 2.27. The van der Waals surface area contributed by atoms with E-state index in [1.807, 2.05) is 0 Å². The van der Waals surface area contributed by atoms with Crippen LogP contribution in [0.4, 0.5) is 0 Å². The van der Waals surface area contributed by atoms with Crippen molar-refractivity contribution in [3.63, 3.8) is 0 Å². The molecular formula is C14H22Cl2N2. The van der Waals surface area contributed by atoms with Gasteiger partial charge < -0.3 is 5.32 Å². The zero-order valence-electron chi connectivity index (χ0n) is 10.5. The van der Waals surface area contributed by atoms with Crippen LogP contribution >= 0.6 is 24.8 Å². The Balaban J connectivity index is 0.000000810. The Bertz CT molecular complexity index is 345. The van der Waals surface area contributed by atoms with Crippen LogP contribution in [0.5, 0.6) is 0 Å². The van der Waals surface area contributed by atoms with Crippen LogP contribution in [0.2, 0.25) is 0 Å². The number of nitrogens with zero attached hydrogens (tertiary/aromatic N) is 1. The molecule has 1 N–H and O–H groups in total. The molecule has 2 aliphatic heterocycles. The highest BCUT2D eigenvalue weighted by atomic mass is 35.5. The first-order valence-corrected chi connectivity index (χ1v) is 6.42. The van der Waals surface area contributed by atoms with Gasteiger partial charge >= 0.3 is 0 Å². The van der Waals surface area contributed by atoms with Gasteiger partial charge in [0.15, 0.2) is 0 Å². The molecular weight excluding hydrogens is 267 g/mol. The van der Waals surface area contributed by atoms with Gasteiger partial charge in [-0.15, -0.1) is 24.8 Å². The molecule has 4 heteroatoms. The van der Waals surface area contributed by atoms with E-state index >= 15 is 0 Å². The summed E-state index contributed by atoms with van der Waals surface area (Å²) in [5.41, 5.74) is 1.45. The SMILES string of the molecule is Cl.Cl.c1ccc(CN2CCCC3CNCC32)cc1. The van der Waals surface area contributed by atoms with Crippen molar-refractivity contribution in [2.75, 3.05) is 19.6 Å². The maximum Gasteiger partial charge on any atom is 0.0264 e. The van der Waals surface area contributed by atoms with Gasteiger partial charge in [0.1, 0.15) is 0 Å². The lowest BCUT2D eigenvalue weighted by atomic mass is 9.92. The van der Waals surface area contributed by atoms with Crippen LogP contribution in [0.25, 0.3) is 0 Å². The molecule has 1 aromatic carbocycles. The van der Waals surface area contributed by atoms with E-state index in [9.17, 15) is 0 Å². The molecule has 1 aromatic rings. The Kier molecular flexibility index (Phi) is 6.44. The van der Waals surface area contributed by atoms with Gasteiger partial charge in [0, 0.05) is 19.1 Å². The fraction of sp³-hybridized carbons (Fsp3) is 0.571. The fourth-order valence-corrected chi connectivity index (χ4v) is 3.18. The number of likely N-dealkylation sites (tertiary alicyclic amines) is 1. The maximum atomic E-state index is 3.54. The van der Waals surface area contributed by atoms with Gasteiger partial charge in [-0.1, -0.05) is 30.3 Å². The van der Waals surface area contributed by atoms with Crippen molar-refractivity contribution < 1.29 is 0 Å². The van der Waals surface area contributed by atoms with Crippen molar-refractivity contribution in [1.82, 2.24) is 10.2 Å². The van der Waals surface area contributed by atoms with E-state index in [1.165, 1.54) is 38.0 Å². The number of rotatable bonds is 2. The topological polar surface area (TPSA) is 15.3 Å². The van der Waals surface area contributed by atoms with E-state index in [1.54, 1.807) is 0 Å². The highest BCUT2D eigenvalue weighted by Gasteiger charge is 2.34. The van der Waals surface area contributed by atoms with Gasteiger partial charge in [-0.3, -0.25) is 4.90 Å². The zero-order chi connectivity index (χ0) is 10.8. The van der Waals surface area contributed by atoms with Crippen molar-refractivity contribution in [1.29, 1.82) is 0 Å². The first-order chi connectivity index (χ1) is 7.93. The summed E-state index contributed by atoms with van der Waals surface area (Å²) < 4.78 is 0. The van der Waals surface area contributed by atoms with Crippen LogP contribution in [-0.4, -0.2) is 30.6 Å². The molecule has 102 valence electrons. The third-order valence-corrected chi connectivity index (χ3v) is 4.02. The average molecular weight is 289 g/mol. The summed E-state index contributed by atoms with van der Waals surface area (Å²) >= 11 is 0. The third-order valence-electron chi connectivity index (χ3n) is 4.02. The van der Waals surface area contributed by atoms with E-state index in [4.69, 9.17) is 0 Å². The normalized spacial score (nSPS) is 26.9. The molecule has 0 spiro atoms. The number of halogens is 2. The first kappa shape index (κ1) is 15.8. The molecule has 0 aromatic heterocycles. The Morgan fingerprint density at radius 1 is 1.11 bits per heavy atom. The molecule has 0 radical (unpaired) electrons. The molecule has 2 fully saturated rings. The maximum absolute atomic E-state index is 3.54. The van der Waals surface area contributed by atoms with E-state index in [-0.39, 0.29) is 24.8 Å². The minimum atomic E-state index is 0. The van der Waals surface area contributed by atoms with E-state index in [0.717, 1.165) is 18.5 Å². The number of hydrogen-bond acceptors (Lipinski definition) is 2. The molecule has 3 rings (SSSR count). The van der Waals surface area contributed by atoms with Crippen molar-refractivity contribution in [2.24, 2.45) is 5.92 Å². The Morgan fingerprint density at radius 2 is 1.89 bits per heavy atom. The van der Waals surface area contributed by atoms with Crippen molar-refractivity contribution in [2.45, 2.75) is 25.4 Å². The minimum Gasteiger partial charge on any atom is -0.315 e. The Labute approximate surface area is 122 Å². The number of fused-ring (bicyclic) bond motifs is 1. The van der Waals surface area contributed by atoms with Gasteiger partial charge in [0.05, 0.1) is 0 Å². The summed E-state index contributed by atoms with van der Waals surface area (Å²) in [5, 5.41) is 3.54. The van der Waals surface area contributed by atoms with Crippen LogP contribution < -0.4 is 5.32 Å². The van der Waals surface area contributed by atoms with Gasteiger partial charge in [-0.25, -0.2) is 0 Å². The number of hydrogen-bond donors (Lipinski definition) is 1. The van der Waals surface area contributed by atoms with E-state index in [0.29, 0.717) is 0 Å². The summed E-state index contributed by atoms with van der Waals surface area (Å²) in [6.45, 7) is 4.83. The van der Waals surface area contributed by atoms with Gasteiger partial charge in [0.25, 0.3) is 0 Å². The predicted molar refractivity (Wildman–Crippen MR) is 80.7 cm³/mol. The molecule has 0 saturated carbocycles. The Morgan fingerprint density at radius 3 is 2.67 bits per heavy atom. The summed E-state index contributed by atoms with van der Waals surface area (Å²) in [7, 11) is 0. The average Bonchev–Trinajstić information content (AvgIpc) is 2.80. The summed E-state index contributed by atoms with van der Waals surface area (Å²) in [6.07, 6.45) is 2.79. The monoisotopic (exact) mass is 288 g/mol. The molecule has 2 unspecified atom stereocenters. The lowest BCUT2D eigenvalue weighted by Gasteiger charge is -2.37. The van der Waals surface area contributed by atoms with Crippen molar-refractivity contribution >= 4 is 24.8 Å². The van der Waals surface area contributed by atoms with Crippen LogP contribution in [0.1, 0.15) is 18.4 Å². The molecule has 0 amide bonds. The van der Waals surface area contributed by atoms with Crippen LogP contribution in [0.15, 0.2) is 30.3 Å². The Hall–Kier alpha value is -0.280. The lowest BCUT2D eigenvalue weighted by molar-refractivity contribution is 0.117. The third kappa shape index (κ3) is 3.39. The highest BCUT2D eigenvalue weighted by molar-refractivity contribution is 5.85. The molecule has 2 saturated heterocycles. The molecule has 2 atom stereocenters. The van der Waals surface area contributed by atoms with E-state index < -0.39 is 0 Å². The van der Waals surface area contributed by atoms with Crippen molar-refractivity contribution in [3.05, 3.63) is 35.9 Å². The molecule has 0 bridgehead atoms. The van der Waals surface area contributed by atoms with Crippen LogP contribution in [0, 0.1) is 5.92 Å². The molecule has 2 heterocycles. The second-order valence-corrected chi connectivity index (χ2v) is 5.08. The molecule has 2 nitrogen and oxygen atoms in total. The second kappa shape index (κ2) is 7.34. The summed E-state index contributed by atoms with van der Waals surface area (Å²) in [4.78, 5) is 2.67. The number of piperidine rings is 1. The largest absolute Gasteiger partial charge is 0.315 e. The standard InChI is InChI=1S/C14H20N2.2ClH/c1-2-5-12(6-3-1)11-16-8-4-7-13-9-15-10-14(13)16;;/h1-3,5-6,13-15H,4,7-11H2;2*1H. The quantitative estimate of drug-likeness (QED) is 0.900. The van der Waals surface area contributed by atoms with Gasteiger partial charge in [0.2, 0.25) is 0 Å². The summed E-state index contributed by atoms with van der Waals surface area (Å²) in [6, 6.07) is 11.7. The fourth-order valence-electron chi connectivity index (χ4n) is 3.18. The zero-order valence-corrected chi connectivity index (χ0v) is 12.2. The number of benzene rings is 1. The first-order valence-electron chi connectivity index (χ1n) is 6.42. The van der Waals surface area contributed by atoms with Crippen LogP contribution in [0.3, 0.4) is 0 Å².